The van der Waals surface area contributed by atoms with Crippen LogP contribution in [0.3, 0.4) is 0 Å². The molecule has 1 aromatic carbocycles. The normalized spacial score (nSPS) is 17.7. The Balaban J connectivity index is 1.58. The predicted octanol–water partition coefficient (Wildman–Crippen LogP) is 1.59. The van der Waals surface area contributed by atoms with Gasteiger partial charge in [0.05, 0.1) is 17.1 Å². The standard InChI is InChI=1S/C19H29N5O/c1-4-23(19(25)15(2)24-13-11-22(3)12-14-24)10-9-18-20-16-7-5-6-8-17(16)21-18/h5-8,15H,4,9-14H2,1-3H3,(H,20,21). The van der Waals surface area contributed by atoms with E-state index in [-0.39, 0.29) is 11.9 Å². The second-order valence-electron chi connectivity index (χ2n) is 6.88. The Morgan fingerprint density at radius 3 is 2.68 bits per heavy atom. The third kappa shape index (κ3) is 4.19. The molecule has 0 bridgehead atoms. The molecule has 0 radical (unpaired) electrons. The molecule has 2 heterocycles. The number of hydrogen-bond acceptors (Lipinski definition) is 4. The van der Waals surface area contributed by atoms with Crippen LogP contribution in [-0.4, -0.2) is 82.9 Å². The lowest BCUT2D eigenvalue weighted by molar-refractivity contribution is -0.136. The van der Waals surface area contributed by atoms with Crippen molar-refractivity contribution in [3.63, 3.8) is 0 Å². The molecule has 1 fully saturated rings. The predicted molar refractivity (Wildman–Crippen MR) is 101 cm³/mol. The van der Waals surface area contributed by atoms with Crippen molar-refractivity contribution in [2.45, 2.75) is 26.3 Å². The molecule has 3 rings (SSSR count). The number of para-hydroxylation sites is 2. The fraction of sp³-hybridized carbons (Fsp3) is 0.579. The van der Waals surface area contributed by atoms with Crippen molar-refractivity contribution in [3.05, 3.63) is 30.1 Å². The topological polar surface area (TPSA) is 55.5 Å². The molecule has 2 aromatic rings. The summed E-state index contributed by atoms with van der Waals surface area (Å²) in [4.78, 5) is 27.4. The second-order valence-corrected chi connectivity index (χ2v) is 6.88. The molecule has 1 saturated heterocycles. The monoisotopic (exact) mass is 343 g/mol. The summed E-state index contributed by atoms with van der Waals surface area (Å²) in [5, 5.41) is 0. The zero-order valence-corrected chi connectivity index (χ0v) is 15.5. The van der Waals surface area contributed by atoms with Crippen LogP contribution in [0.25, 0.3) is 11.0 Å². The summed E-state index contributed by atoms with van der Waals surface area (Å²) in [5.74, 6) is 1.17. The van der Waals surface area contributed by atoms with Gasteiger partial charge in [-0.2, -0.15) is 0 Å². The van der Waals surface area contributed by atoms with E-state index < -0.39 is 0 Å². The van der Waals surface area contributed by atoms with Crippen LogP contribution in [0, 0.1) is 0 Å². The van der Waals surface area contributed by atoms with Gasteiger partial charge in [-0.3, -0.25) is 9.69 Å². The Morgan fingerprint density at radius 1 is 1.28 bits per heavy atom. The number of aromatic nitrogens is 2. The van der Waals surface area contributed by atoms with Crippen LogP contribution in [0.1, 0.15) is 19.7 Å². The molecule has 0 aliphatic carbocycles. The van der Waals surface area contributed by atoms with E-state index in [1.54, 1.807) is 0 Å². The van der Waals surface area contributed by atoms with E-state index in [4.69, 9.17) is 0 Å². The van der Waals surface area contributed by atoms with E-state index in [1.807, 2.05) is 43.0 Å². The molecule has 1 amide bonds. The lowest BCUT2D eigenvalue weighted by atomic mass is 10.2. The number of benzene rings is 1. The number of hydrogen-bond donors (Lipinski definition) is 1. The number of carbonyl (C=O) groups excluding carboxylic acids is 1. The molecular formula is C19H29N5O. The van der Waals surface area contributed by atoms with E-state index in [0.29, 0.717) is 6.54 Å². The summed E-state index contributed by atoms with van der Waals surface area (Å²) >= 11 is 0. The molecule has 25 heavy (non-hydrogen) atoms. The first-order valence-corrected chi connectivity index (χ1v) is 9.23. The average molecular weight is 343 g/mol. The molecule has 1 aliphatic heterocycles. The summed E-state index contributed by atoms with van der Waals surface area (Å²) in [6.07, 6.45) is 0.754. The van der Waals surface area contributed by atoms with Crippen LogP contribution in [-0.2, 0) is 11.2 Å². The number of rotatable bonds is 6. The summed E-state index contributed by atoms with van der Waals surface area (Å²) in [5.41, 5.74) is 2.04. The highest BCUT2D eigenvalue weighted by Gasteiger charge is 2.27. The highest BCUT2D eigenvalue weighted by atomic mass is 16.2. The van der Waals surface area contributed by atoms with E-state index in [9.17, 15) is 4.79 Å². The first-order chi connectivity index (χ1) is 12.1. The molecule has 1 unspecified atom stereocenters. The van der Waals surface area contributed by atoms with Gasteiger partial charge < -0.3 is 14.8 Å². The van der Waals surface area contributed by atoms with Crippen molar-refractivity contribution in [2.75, 3.05) is 46.3 Å². The summed E-state index contributed by atoms with van der Waals surface area (Å²) in [7, 11) is 2.13. The fourth-order valence-corrected chi connectivity index (χ4v) is 3.42. The van der Waals surface area contributed by atoms with Gasteiger partial charge in [0.1, 0.15) is 5.82 Å². The minimum atomic E-state index is -0.0516. The Hall–Kier alpha value is -1.92. The van der Waals surface area contributed by atoms with Gasteiger partial charge in [-0.15, -0.1) is 0 Å². The summed E-state index contributed by atoms with van der Waals surface area (Å²) in [6.45, 7) is 9.51. The lowest BCUT2D eigenvalue weighted by Gasteiger charge is -2.37. The third-order valence-electron chi connectivity index (χ3n) is 5.19. The zero-order chi connectivity index (χ0) is 17.8. The Kier molecular flexibility index (Phi) is 5.71. The number of carbonyl (C=O) groups is 1. The lowest BCUT2D eigenvalue weighted by Crippen LogP contribution is -2.54. The van der Waals surface area contributed by atoms with Gasteiger partial charge in [-0.05, 0) is 33.0 Å². The second kappa shape index (κ2) is 7.97. The number of likely N-dealkylation sites (N-methyl/N-ethyl adjacent to an activating group) is 2. The van der Waals surface area contributed by atoms with Gasteiger partial charge in [0.25, 0.3) is 0 Å². The summed E-state index contributed by atoms with van der Waals surface area (Å²) in [6, 6.07) is 7.98. The number of fused-ring (bicyclic) bond motifs is 1. The molecule has 136 valence electrons. The van der Waals surface area contributed by atoms with E-state index in [2.05, 4.69) is 26.8 Å². The van der Waals surface area contributed by atoms with Crippen LogP contribution in [0.2, 0.25) is 0 Å². The smallest absolute Gasteiger partial charge is 0.239 e. The van der Waals surface area contributed by atoms with Crippen molar-refractivity contribution < 1.29 is 4.79 Å². The first kappa shape index (κ1) is 17.9. The van der Waals surface area contributed by atoms with Crippen LogP contribution in [0.4, 0.5) is 0 Å². The first-order valence-electron chi connectivity index (χ1n) is 9.23. The van der Waals surface area contributed by atoms with Crippen LogP contribution >= 0.6 is 0 Å². The van der Waals surface area contributed by atoms with Crippen LogP contribution in [0.5, 0.6) is 0 Å². The van der Waals surface area contributed by atoms with Gasteiger partial charge in [0, 0.05) is 45.7 Å². The molecular weight excluding hydrogens is 314 g/mol. The highest BCUT2D eigenvalue weighted by Crippen LogP contribution is 2.12. The zero-order valence-electron chi connectivity index (χ0n) is 15.5. The quantitative estimate of drug-likeness (QED) is 0.865. The molecule has 1 N–H and O–H groups in total. The van der Waals surface area contributed by atoms with Crippen LogP contribution < -0.4 is 0 Å². The van der Waals surface area contributed by atoms with Crippen molar-refractivity contribution in [1.82, 2.24) is 24.7 Å². The van der Waals surface area contributed by atoms with Crippen molar-refractivity contribution >= 4 is 16.9 Å². The van der Waals surface area contributed by atoms with Crippen LogP contribution in [0.15, 0.2) is 24.3 Å². The molecule has 0 saturated carbocycles. The van der Waals surface area contributed by atoms with Gasteiger partial charge in [-0.1, -0.05) is 12.1 Å². The number of imidazole rings is 1. The molecule has 1 atom stereocenters. The average Bonchev–Trinajstić information content (AvgIpc) is 3.05. The minimum absolute atomic E-state index is 0.0516. The number of nitrogens with zero attached hydrogens (tertiary/aromatic N) is 4. The maximum atomic E-state index is 12.9. The molecule has 1 aromatic heterocycles. The van der Waals surface area contributed by atoms with Gasteiger partial charge in [0.2, 0.25) is 5.91 Å². The largest absolute Gasteiger partial charge is 0.342 e. The van der Waals surface area contributed by atoms with Crippen molar-refractivity contribution in [1.29, 1.82) is 0 Å². The van der Waals surface area contributed by atoms with E-state index >= 15 is 0 Å². The molecule has 0 spiro atoms. The van der Waals surface area contributed by atoms with E-state index in [1.165, 1.54) is 0 Å². The Morgan fingerprint density at radius 2 is 2.00 bits per heavy atom. The molecule has 1 aliphatic rings. The van der Waals surface area contributed by atoms with Crippen molar-refractivity contribution in [2.24, 2.45) is 0 Å². The highest BCUT2D eigenvalue weighted by molar-refractivity contribution is 5.81. The third-order valence-corrected chi connectivity index (χ3v) is 5.19. The SMILES string of the molecule is CCN(CCc1nc2ccccc2[nH]1)C(=O)C(C)N1CCN(C)CC1. The Labute approximate surface area is 149 Å². The number of aromatic amines is 1. The Bertz CT molecular complexity index is 672. The molecule has 6 nitrogen and oxygen atoms in total. The minimum Gasteiger partial charge on any atom is -0.342 e. The maximum absolute atomic E-state index is 12.9. The van der Waals surface area contributed by atoms with Gasteiger partial charge in [0.15, 0.2) is 0 Å². The number of nitrogens with one attached hydrogen (secondary N) is 1. The maximum Gasteiger partial charge on any atom is 0.239 e. The van der Waals surface area contributed by atoms with Crippen molar-refractivity contribution in [3.8, 4) is 0 Å². The number of H-pyrrole nitrogens is 1. The number of amides is 1. The van der Waals surface area contributed by atoms with E-state index in [0.717, 1.165) is 56.0 Å². The summed E-state index contributed by atoms with van der Waals surface area (Å²) < 4.78 is 0. The van der Waals surface area contributed by atoms with Gasteiger partial charge >= 0.3 is 0 Å². The fourth-order valence-electron chi connectivity index (χ4n) is 3.42. The van der Waals surface area contributed by atoms with Gasteiger partial charge in [-0.25, -0.2) is 4.98 Å². The molecule has 6 heteroatoms. The number of piperazine rings is 1.